The van der Waals surface area contributed by atoms with Gasteiger partial charge in [0.1, 0.15) is 12.2 Å². The first-order valence-corrected chi connectivity index (χ1v) is 6.01. The third-order valence-corrected chi connectivity index (χ3v) is 3.76. The summed E-state index contributed by atoms with van der Waals surface area (Å²) < 4.78 is 2.00. The predicted molar refractivity (Wildman–Crippen MR) is 63.9 cm³/mol. The van der Waals surface area contributed by atoms with Crippen molar-refractivity contribution in [3.05, 3.63) is 12.2 Å². The molecule has 0 radical (unpaired) electrons. The first kappa shape index (κ1) is 11.6. The lowest BCUT2D eigenvalue weighted by molar-refractivity contribution is 0.213. The van der Waals surface area contributed by atoms with Crippen molar-refractivity contribution in [2.75, 3.05) is 7.05 Å². The average Bonchev–Trinajstić information content (AvgIpc) is 2.74. The van der Waals surface area contributed by atoms with Crippen molar-refractivity contribution in [2.24, 2.45) is 12.5 Å². The Balaban J connectivity index is 1.94. The Morgan fingerprint density at radius 2 is 2.31 bits per heavy atom. The van der Waals surface area contributed by atoms with E-state index in [1.54, 1.807) is 6.33 Å². The van der Waals surface area contributed by atoms with Crippen LogP contribution in [-0.4, -0.2) is 32.8 Å². The highest BCUT2D eigenvalue weighted by Crippen LogP contribution is 2.39. The topological polar surface area (TPSA) is 34.0 Å². The van der Waals surface area contributed by atoms with Crippen LogP contribution < -0.4 is 0 Å². The minimum absolute atomic E-state index is 0.513. The van der Waals surface area contributed by atoms with Gasteiger partial charge in [-0.2, -0.15) is 0 Å². The number of hydrogen-bond donors (Lipinski definition) is 0. The van der Waals surface area contributed by atoms with Crippen LogP contribution in [0.4, 0.5) is 0 Å². The minimum Gasteiger partial charge on any atom is -0.320 e. The molecule has 90 valence electrons. The molecular weight excluding hydrogens is 200 g/mol. The van der Waals surface area contributed by atoms with Crippen LogP contribution in [0.2, 0.25) is 0 Å². The number of nitrogens with zero attached hydrogens (tertiary/aromatic N) is 4. The molecule has 1 heterocycles. The number of aryl methyl sites for hydroxylation is 1. The van der Waals surface area contributed by atoms with Gasteiger partial charge in [0.2, 0.25) is 0 Å². The molecule has 1 saturated carbocycles. The van der Waals surface area contributed by atoms with E-state index in [1.165, 1.54) is 19.3 Å². The van der Waals surface area contributed by atoms with Crippen molar-refractivity contribution in [2.45, 2.75) is 45.7 Å². The van der Waals surface area contributed by atoms with Gasteiger partial charge in [0.25, 0.3) is 0 Å². The summed E-state index contributed by atoms with van der Waals surface area (Å²) >= 11 is 0. The Morgan fingerprint density at radius 1 is 1.56 bits per heavy atom. The Hall–Kier alpha value is -0.900. The molecule has 1 unspecified atom stereocenters. The molecule has 1 atom stereocenters. The molecule has 0 aromatic carbocycles. The van der Waals surface area contributed by atoms with Gasteiger partial charge in [-0.05, 0) is 31.7 Å². The second-order valence-corrected chi connectivity index (χ2v) is 5.83. The Kier molecular flexibility index (Phi) is 3.02. The lowest BCUT2D eigenvalue weighted by Crippen LogP contribution is -2.30. The van der Waals surface area contributed by atoms with Crippen molar-refractivity contribution in [3.63, 3.8) is 0 Å². The van der Waals surface area contributed by atoms with E-state index >= 15 is 0 Å². The van der Waals surface area contributed by atoms with Gasteiger partial charge in [-0.25, -0.2) is 0 Å². The third-order valence-electron chi connectivity index (χ3n) is 3.76. The molecule has 2 rings (SSSR count). The van der Waals surface area contributed by atoms with Gasteiger partial charge >= 0.3 is 0 Å². The van der Waals surface area contributed by atoms with E-state index < -0.39 is 0 Å². The summed E-state index contributed by atoms with van der Waals surface area (Å²) in [7, 11) is 4.20. The summed E-state index contributed by atoms with van der Waals surface area (Å²) in [5.74, 6) is 1.05. The summed E-state index contributed by atoms with van der Waals surface area (Å²) in [5.41, 5.74) is 0.513. The van der Waals surface area contributed by atoms with Crippen LogP contribution in [0.5, 0.6) is 0 Å². The molecule has 1 aromatic heterocycles. The molecule has 1 aliphatic rings. The van der Waals surface area contributed by atoms with Crippen LogP contribution in [0.25, 0.3) is 0 Å². The standard InChI is InChI=1S/C12H22N4/c1-12(2)6-5-10(7-12)15(3)8-11-14-13-9-16(11)4/h9-10H,5-8H2,1-4H3. The molecule has 0 aliphatic heterocycles. The zero-order valence-corrected chi connectivity index (χ0v) is 10.8. The second-order valence-electron chi connectivity index (χ2n) is 5.83. The molecule has 0 bridgehead atoms. The van der Waals surface area contributed by atoms with Crippen molar-refractivity contribution >= 4 is 0 Å². The SMILES string of the molecule is CN(Cc1nncn1C)C1CCC(C)(C)C1. The van der Waals surface area contributed by atoms with Crippen LogP contribution in [0.3, 0.4) is 0 Å². The zero-order chi connectivity index (χ0) is 11.8. The van der Waals surface area contributed by atoms with Gasteiger partial charge in [0.15, 0.2) is 0 Å². The molecule has 16 heavy (non-hydrogen) atoms. The van der Waals surface area contributed by atoms with Gasteiger partial charge in [-0.1, -0.05) is 13.8 Å². The van der Waals surface area contributed by atoms with Crippen LogP contribution >= 0.6 is 0 Å². The molecular formula is C12H22N4. The smallest absolute Gasteiger partial charge is 0.146 e. The van der Waals surface area contributed by atoms with Gasteiger partial charge in [-0.15, -0.1) is 10.2 Å². The maximum Gasteiger partial charge on any atom is 0.146 e. The molecule has 0 spiro atoms. The van der Waals surface area contributed by atoms with Gasteiger partial charge in [0, 0.05) is 13.1 Å². The third kappa shape index (κ3) is 2.43. The number of aromatic nitrogens is 3. The first-order valence-electron chi connectivity index (χ1n) is 6.01. The predicted octanol–water partition coefficient (Wildman–Crippen LogP) is 1.83. The van der Waals surface area contributed by atoms with Crippen molar-refractivity contribution in [1.82, 2.24) is 19.7 Å². The normalized spacial score (nSPS) is 24.2. The highest BCUT2D eigenvalue weighted by molar-refractivity contribution is 4.90. The molecule has 4 heteroatoms. The van der Waals surface area contributed by atoms with E-state index in [-0.39, 0.29) is 0 Å². The Morgan fingerprint density at radius 3 is 2.81 bits per heavy atom. The summed E-state index contributed by atoms with van der Waals surface area (Å²) in [6.07, 6.45) is 5.70. The Bertz CT molecular complexity index is 356. The van der Waals surface area contributed by atoms with Crippen molar-refractivity contribution < 1.29 is 0 Å². The van der Waals surface area contributed by atoms with E-state index in [1.807, 2.05) is 11.6 Å². The maximum atomic E-state index is 4.13. The van der Waals surface area contributed by atoms with E-state index in [9.17, 15) is 0 Å². The Labute approximate surface area is 97.7 Å². The van der Waals surface area contributed by atoms with Gasteiger partial charge < -0.3 is 4.57 Å². The largest absolute Gasteiger partial charge is 0.320 e. The number of hydrogen-bond acceptors (Lipinski definition) is 3. The van der Waals surface area contributed by atoms with Gasteiger partial charge in [-0.3, -0.25) is 4.90 Å². The number of rotatable bonds is 3. The lowest BCUT2D eigenvalue weighted by atomic mass is 9.91. The van der Waals surface area contributed by atoms with E-state index in [4.69, 9.17) is 0 Å². The van der Waals surface area contributed by atoms with E-state index in [2.05, 4.69) is 36.0 Å². The fraction of sp³-hybridized carbons (Fsp3) is 0.833. The highest BCUT2D eigenvalue weighted by Gasteiger charge is 2.33. The summed E-state index contributed by atoms with van der Waals surface area (Å²) in [5, 5.41) is 8.05. The van der Waals surface area contributed by atoms with Gasteiger partial charge in [0.05, 0.1) is 6.54 Å². The average molecular weight is 222 g/mol. The van der Waals surface area contributed by atoms with E-state index in [0.29, 0.717) is 11.5 Å². The van der Waals surface area contributed by atoms with Crippen LogP contribution in [-0.2, 0) is 13.6 Å². The molecule has 0 N–H and O–H groups in total. The van der Waals surface area contributed by atoms with Crippen LogP contribution in [0, 0.1) is 5.41 Å². The molecule has 1 fully saturated rings. The molecule has 0 amide bonds. The van der Waals surface area contributed by atoms with Crippen LogP contribution in [0.1, 0.15) is 38.9 Å². The van der Waals surface area contributed by atoms with Crippen LogP contribution in [0.15, 0.2) is 6.33 Å². The molecule has 1 aromatic rings. The molecule has 1 aliphatic carbocycles. The summed E-state index contributed by atoms with van der Waals surface area (Å²) in [6, 6.07) is 0.701. The van der Waals surface area contributed by atoms with E-state index in [0.717, 1.165) is 12.4 Å². The quantitative estimate of drug-likeness (QED) is 0.782. The second kappa shape index (κ2) is 4.17. The van der Waals surface area contributed by atoms with Crippen molar-refractivity contribution in [1.29, 1.82) is 0 Å². The lowest BCUT2D eigenvalue weighted by Gasteiger charge is -2.25. The molecule has 4 nitrogen and oxygen atoms in total. The molecule has 0 saturated heterocycles. The highest BCUT2D eigenvalue weighted by atomic mass is 15.3. The maximum absolute atomic E-state index is 4.13. The fourth-order valence-corrected chi connectivity index (χ4v) is 2.58. The summed E-state index contributed by atoms with van der Waals surface area (Å²) in [4.78, 5) is 2.42. The zero-order valence-electron chi connectivity index (χ0n) is 10.8. The monoisotopic (exact) mass is 222 g/mol. The first-order chi connectivity index (χ1) is 7.48. The summed E-state index contributed by atoms with van der Waals surface area (Å²) in [6.45, 7) is 5.63. The van der Waals surface area contributed by atoms with Crippen molar-refractivity contribution in [3.8, 4) is 0 Å². The fourth-order valence-electron chi connectivity index (χ4n) is 2.58. The minimum atomic E-state index is 0.513.